The molecule has 31 heavy (non-hydrogen) atoms. The highest BCUT2D eigenvalue weighted by Crippen LogP contribution is 2.31. The lowest BCUT2D eigenvalue weighted by Crippen LogP contribution is -2.28. The van der Waals surface area contributed by atoms with Gasteiger partial charge >= 0.3 is 0 Å². The van der Waals surface area contributed by atoms with Gasteiger partial charge < -0.3 is 23.6 Å². The van der Waals surface area contributed by atoms with Crippen LogP contribution in [-0.4, -0.2) is 55.1 Å². The minimum atomic E-state index is -0.0136. The van der Waals surface area contributed by atoms with Crippen LogP contribution in [0.4, 0.5) is 0 Å². The number of carbonyl (C=O) groups is 1. The number of hydrogen-bond acceptors (Lipinski definition) is 8. The number of benzene rings is 2. The van der Waals surface area contributed by atoms with Gasteiger partial charge in [0.25, 0.3) is 0 Å². The second-order valence-corrected chi connectivity index (χ2v) is 7.65. The van der Waals surface area contributed by atoms with Gasteiger partial charge in [-0.3, -0.25) is 4.79 Å². The Bertz CT molecular complexity index is 1010. The van der Waals surface area contributed by atoms with Crippen molar-refractivity contribution in [3.05, 3.63) is 53.9 Å². The van der Waals surface area contributed by atoms with E-state index in [-0.39, 0.29) is 12.5 Å². The summed E-state index contributed by atoms with van der Waals surface area (Å²) in [5, 5.41) is 4.02. The van der Waals surface area contributed by atoms with Crippen LogP contribution in [0.2, 0.25) is 0 Å². The predicted octanol–water partition coefficient (Wildman–Crippen LogP) is 3.65. The van der Waals surface area contributed by atoms with E-state index in [9.17, 15) is 4.79 Å². The first kappa shape index (κ1) is 22.5. The summed E-state index contributed by atoms with van der Waals surface area (Å²) in [4.78, 5) is 18.4. The first-order valence-electron chi connectivity index (χ1n) is 9.53. The summed E-state index contributed by atoms with van der Waals surface area (Å²) in [6.45, 7) is 0.230. The lowest BCUT2D eigenvalue weighted by molar-refractivity contribution is -0.127. The second kappa shape index (κ2) is 10.7. The molecule has 3 rings (SSSR count). The fraction of sp³-hybridized carbons (Fsp3) is 0.318. The Labute approximate surface area is 185 Å². The summed E-state index contributed by atoms with van der Waals surface area (Å²) in [6.07, 6.45) is 0. The summed E-state index contributed by atoms with van der Waals surface area (Å²) < 4.78 is 21.1. The van der Waals surface area contributed by atoms with Gasteiger partial charge in [-0.05, 0) is 29.8 Å². The highest BCUT2D eigenvalue weighted by molar-refractivity contribution is 7.99. The van der Waals surface area contributed by atoms with E-state index in [2.05, 4.69) is 10.1 Å². The molecule has 0 N–H and O–H groups in total. The molecule has 164 valence electrons. The molecule has 0 radical (unpaired) electrons. The molecule has 0 saturated carbocycles. The lowest BCUT2D eigenvalue weighted by atomic mass is 10.2. The van der Waals surface area contributed by atoms with Crippen molar-refractivity contribution in [3.63, 3.8) is 0 Å². The fourth-order valence-corrected chi connectivity index (χ4v) is 3.72. The number of aromatic nitrogens is 2. The molecule has 0 spiro atoms. The number of nitrogens with zero attached hydrogens (tertiary/aromatic N) is 3. The zero-order chi connectivity index (χ0) is 22.2. The quantitative estimate of drug-likeness (QED) is 0.469. The fourth-order valence-electron chi connectivity index (χ4n) is 2.79. The number of methoxy groups -OCH3 is 3. The average molecular weight is 444 g/mol. The van der Waals surface area contributed by atoms with Crippen molar-refractivity contribution in [2.45, 2.75) is 12.3 Å². The molecule has 0 aliphatic rings. The number of thioether (sulfide) groups is 1. The minimum absolute atomic E-state index is 0.0136. The topological polar surface area (TPSA) is 86.9 Å². The molecule has 0 aliphatic carbocycles. The van der Waals surface area contributed by atoms with Gasteiger partial charge in [-0.1, -0.05) is 17.3 Å². The molecule has 1 aromatic heterocycles. The van der Waals surface area contributed by atoms with Gasteiger partial charge in [0.1, 0.15) is 17.2 Å². The standard InChI is InChI=1S/C22H25N3O5S/c1-25(21(26)14-31-13-15-5-7-16(27-2)8-6-15)12-20-23-22(24-30-20)18-10-9-17(28-3)11-19(18)29-4/h5-11H,12-14H2,1-4H3. The average Bonchev–Trinajstić information content (AvgIpc) is 3.27. The molecule has 3 aromatic rings. The molecule has 0 unspecified atom stereocenters. The van der Waals surface area contributed by atoms with E-state index in [1.807, 2.05) is 24.3 Å². The van der Waals surface area contributed by atoms with Crippen LogP contribution < -0.4 is 14.2 Å². The van der Waals surface area contributed by atoms with Crippen LogP contribution in [0.5, 0.6) is 17.2 Å². The Morgan fingerprint density at radius 2 is 1.74 bits per heavy atom. The zero-order valence-electron chi connectivity index (χ0n) is 18.0. The largest absolute Gasteiger partial charge is 0.497 e. The zero-order valence-corrected chi connectivity index (χ0v) is 18.8. The summed E-state index contributed by atoms with van der Waals surface area (Å²) in [7, 11) is 6.50. The molecule has 0 atom stereocenters. The third-order valence-electron chi connectivity index (χ3n) is 4.57. The number of hydrogen-bond donors (Lipinski definition) is 0. The third kappa shape index (κ3) is 5.91. The maximum Gasteiger partial charge on any atom is 0.246 e. The molecular weight excluding hydrogens is 418 g/mol. The molecule has 1 heterocycles. The monoisotopic (exact) mass is 443 g/mol. The van der Waals surface area contributed by atoms with Crippen LogP contribution in [-0.2, 0) is 17.1 Å². The minimum Gasteiger partial charge on any atom is -0.497 e. The van der Waals surface area contributed by atoms with Crippen LogP contribution in [0, 0.1) is 0 Å². The summed E-state index contributed by atoms with van der Waals surface area (Å²) in [5.41, 5.74) is 1.82. The van der Waals surface area contributed by atoms with E-state index < -0.39 is 0 Å². The van der Waals surface area contributed by atoms with Gasteiger partial charge in [0, 0.05) is 18.9 Å². The van der Waals surface area contributed by atoms with Gasteiger partial charge in [0.2, 0.25) is 17.6 Å². The summed E-state index contributed by atoms with van der Waals surface area (Å²) >= 11 is 1.55. The van der Waals surface area contributed by atoms with Gasteiger partial charge in [0.05, 0.1) is 39.2 Å². The smallest absolute Gasteiger partial charge is 0.246 e. The number of amides is 1. The van der Waals surface area contributed by atoms with Crippen molar-refractivity contribution < 1.29 is 23.5 Å². The van der Waals surface area contributed by atoms with Crippen molar-refractivity contribution in [2.24, 2.45) is 0 Å². The van der Waals surface area contributed by atoms with Crippen LogP contribution in [0.15, 0.2) is 47.0 Å². The first-order valence-corrected chi connectivity index (χ1v) is 10.7. The van der Waals surface area contributed by atoms with E-state index in [4.69, 9.17) is 18.7 Å². The van der Waals surface area contributed by atoms with Gasteiger partial charge in [0.15, 0.2) is 0 Å². The van der Waals surface area contributed by atoms with Gasteiger partial charge in [-0.25, -0.2) is 0 Å². The van der Waals surface area contributed by atoms with Gasteiger partial charge in [-0.2, -0.15) is 4.98 Å². The Morgan fingerprint density at radius 3 is 2.42 bits per heavy atom. The molecule has 0 fully saturated rings. The van der Waals surface area contributed by atoms with E-state index in [1.54, 1.807) is 63.2 Å². The third-order valence-corrected chi connectivity index (χ3v) is 5.56. The Hall–Kier alpha value is -3.20. The van der Waals surface area contributed by atoms with Crippen LogP contribution in [0.3, 0.4) is 0 Å². The second-order valence-electron chi connectivity index (χ2n) is 6.67. The molecule has 9 heteroatoms. The maximum atomic E-state index is 12.4. The molecule has 1 amide bonds. The maximum absolute atomic E-state index is 12.4. The van der Waals surface area contributed by atoms with Crippen LogP contribution >= 0.6 is 11.8 Å². The number of ether oxygens (including phenoxy) is 3. The molecular formula is C22H25N3O5S. The Kier molecular flexibility index (Phi) is 7.77. The van der Waals surface area contributed by atoms with Crippen molar-refractivity contribution in [1.82, 2.24) is 15.0 Å². The Balaban J connectivity index is 1.54. The van der Waals surface area contributed by atoms with Crippen molar-refractivity contribution in [1.29, 1.82) is 0 Å². The van der Waals surface area contributed by atoms with Crippen LogP contribution in [0.1, 0.15) is 11.5 Å². The number of carbonyl (C=O) groups excluding carboxylic acids is 1. The van der Waals surface area contributed by atoms with E-state index in [0.29, 0.717) is 34.5 Å². The summed E-state index contributed by atoms with van der Waals surface area (Å²) in [5.74, 6) is 3.89. The summed E-state index contributed by atoms with van der Waals surface area (Å²) in [6, 6.07) is 13.2. The highest BCUT2D eigenvalue weighted by atomic mass is 32.2. The van der Waals surface area contributed by atoms with Crippen molar-refractivity contribution in [2.75, 3.05) is 34.1 Å². The molecule has 0 bridgehead atoms. The molecule has 0 aliphatic heterocycles. The molecule has 2 aromatic carbocycles. The van der Waals surface area contributed by atoms with E-state index in [1.165, 1.54) is 0 Å². The SMILES string of the molecule is COc1ccc(CSCC(=O)N(C)Cc2nc(-c3ccc(OC)cc3OC)no2)cc1. The number of rotatable bonds is 10. The van der Waals surface area contributed by atoms with Crippen molar-refractivity contribution >= 4 is 17.7 Å². The van der Waals surface area contributed by atoms with E-state index in [0.717, 1.165) is 17.1 Å². The molecule has 8 nitrogen and oxygen atoms in total. The Morgan fingerprint density at radius 1 is 1.03 bits per heavy atom. The predicted molar refractivity (Wildman–Crippen MR) is 118 cm³/mol. The van der Waals surface area contributed by atoms with Gasteiger partial charge in [-0.15, -0.1) is 11.8 Å². The lowest BCUT2D eigenvalue weighted by Gasteiger charge is -2.14. The molecule has 0 saturated heterocycles. The first-order chi connectivity index (χ1) is 15.0. The van der Waals surface area contributed by atoms with Crippen molar-refractivity contribution in [3.8, 4) is 28.6 Å². The normalized spacial score (nSPS) is 10.6. The van der Waals surface area contributed by atoms with Crippen LogP contribution in [0.25, 0.3) is 11.4 Å². The highest BCUT2D eigenvalue weighted by Gasteiger charge is 2.17. The van der Waals surface area contributed by atoms with E-state index >= 15 is 0 Å².